The molecule has 2 heteroatoms. The van der Waals surface area contributed by atoms with Gasteiger partial charge in [-0.25, -0.2) is 4.79 Å². The van der Waals surface area contributed by atoms with Gasteiger partial charge in [0.15, 0.2) is 0 Å². The summed E-state index contributed by atoms with van der Waals surface area (Å²) >= 11 is 0. The summed E-state index contributed by atoms with van der Waals surface area (Å²) in [5.74, 6) is 1.39. The maximum Gasteiger partial charge on any atom is 0.328 e. The van der Waals surface area contributed by atoms with Crippen LogP contribution in [0.3, 0.4) is 0 Å². The third-order valence-corrected chi connectivity index (χ3v) is 6.17. The van der Waals surface area contributed by atoms with Crippen molar-refractivity contribution in [3.63, 3.8) is 0 Å². The molecule has 4 atom stereocenters. The minimum absolute atomic E-state index is 0.385. The molecule has 2 rings (SSSR count). The zero-order valence-electron chi connectivity index (χ0n) is 13.8. The van der Waals surface area contributed by atoms with Crippen molar-refractivity contribution in [1.29, 1.82) is 0 Å². The molecule has 2 aliphatic rings. The van der Waals surface area contributed by atoms with E-state index in [1.165, 1.54) is 37.3 Å². The standard InChI is InChI=1S/C19H30O2/c1-13(12-18(20)21)7-9-16-15(3)8-10-17-14(2)6-5-11-19(16,17)4/h12,14,16-17H,3,5-11H2,1-2,4H3,(H,20,21). The van der Waals surface area contributed by atoms with Crippen LogP contribution in [0, 0.1) is 23.2 Å². The van der Waals surface area contributed by atoms with Crippen molar-refractivity contribution in [3.05, 3.63) is 23.8 Å². The first kappa shape index (κ1) is 16.3. The predicted octanol–water partition coefficient (Wildman–Crippen LogP) is 5.21. The van der Waals surface area contributed by atoms with Gasteiger partial charge in [-0.2, -0.15) is 0 Å². The minimum atomic E-state index is -0.828. The molecule has 2 fully saturated rings. The van der Waals surface area contributed by atoms with Gasteiger partial charge in [-0.05, 0) is 62.2 Å². The number of carboxylic acids is 1. The van der Waals surface area contributed by atoms with Crippen molar-refractivity contribution in [2.24, 2.45) is 23.2 Å². The van der Waals surface area contributed by atoms with Crippen LogP contribution < -0.4 is 0 Å². The van der Waals surface area contributed by atoms with Crippen molar-refractivity contribution in [2.45, 2.75) is 65.7 Å². The SMILES string of the molecule is C=C1CCC2C(C)CCCC2(C)C1CCC(C)=CC(=O)O. The molecule has 0 radical (unpaired) electrons. The van der Waals surface area contributed by atoms with Gasteiger partial charge >= 0.3 is 5.97 Å². The van der Waals surface area contributed by atoms with Gasteiger partial charge < -0.3 is 5.11 Å². The fraction of sp³-hybridized carbons (Fsp3) is 0.737. The Bertz CT molecular complexity index is 448. The van der Waals surface area contributed by atoms with E-state index >= 15 is 0 Å². The minimum Gasteiger partial charge on any atom is -0.478 e. The topological polar surface area (TPSA) is 37.3 Å². The Balaban J connectivity index is 2.11. The largest absolute Gasteiger partial charge is 0.478 e. The number of allylic oxidation sites excluding steroid dienone is 2. The highest BCUT2D eigenvalue weighted by Gasteiger charge is 2.48. The summed E-state index contributed by atoms with van der Waals surface area (Å²) in [6, 6.07) is 0. The number of aliphatic carboxylic acids is 1. The van der Waals surface area contributed by atoms with Gasteiger partial charge in [0.2, 0.25) is 0 Å². The van der Waals surface area contributed by atoms with Crippen LogP contribution >= 0.6 is 0 Å². The first-order valence-electron chi connectivity index (χ1n) is 8.42. The molecule has 21 heavy (non-hydrogen) atoms. The van der Waals surface area contributed by atoms with Crippen molar-refractivity contribution in [3.8, 4) is 0 Å². The molecule has 0 saturated heterocycles. The smallest absolute Gasteiger partial charge is 0.328 e. The van der Waals surface area contributed by atoms with E-state index in [0.717, 1.165) is 36.7 Å². The third-order valence-electron chi connectivity index (χ3n) is 6.17. The van der Waals surface area contributed by atoms with Gasteiger partial charge in [0.05, 0.1) is 0 Å². The fourth-order valence-corrected chi connectivity index (χ4v) is 5.06. The van der Waals surface area contributed by atoms with Crippen LogP contribution in [0.1, 0.15) is 65.7 Å². The summed E-state index contributed by atoms with van der Waals surface area (Å²) < 4.78 is 0. The number of carboxylic acid groups (broad SMARTS) is 1. The Morgan fingerprint density at radius 3 is 2.86 bits per heavy atom. The van der Waals surface area contributed by atoms with Crippen LogP contribution in [-0.2, 0) is 4.79 Å². The molecular formula is C19H30O2. The van der Waals surface area contributed by atoms with Crippen molar-refractivity contribution >= 4 is 5.97 Å². The van der Waals surface area contributed by atoms with Gasteiger partial charge in [0.25, 0.3) is 0 Å². The maximum atomic E-state index is 10.8. The van der Waals surface area contributed by atoms with Crippen LogP contribution in [0.25, 0.3) is 0 Å². The molecule has 0 bridgehead atoms. The summed E-state index contributed by atoms with van der Waals surface area (Å²) in [6.45, 7) is 11.2. The first-order chi connectivity index (χ1) is 9.84. The second-order valence-corrected chi connectivity index (χ2v) is 7.60. The summed E-state index contributed by atoms with van der Waals surface area (Å²) in [5.41, 5.74) is 2.77. The fourth-order valence-electron chi connectivity index (χ4n) is 5.06. The highest BCUT2D eigenvalue weighted by molar-refractivity contribution is 5.80. The molecule has 1 N–H and O–H groups in total. The Morgan fingerprint density at radius 2 is 2.19 bits per heavy atom. The molecule has 2 aliphatic carbocycles. The number of carbonyl (C=O) groups is 1. The molecule has 4 unspecified atom stereocenters. The lowest BCUT2D eigenvalue weighted by molar-refractivity contribution is -0.131. The molecule has 2 saturated carbocycles. The number of fused-ring (bicyclic) bond motifs is 1. The molecule has 0 amide bonds. The van der Waals surface area contributed by atoms with Gasteiger partial charge in [-0.15, -0.1) is 0 Å². The van der Waals surface area contributed by atoms with Crippen LogP contribution in [0.15, 0.2) is 23.8 Å². The second kappa shape index (κ2) is 6.37. The highest BCUT2D eigenvalue weighted by Crippen LogP contribution is 2.57. The quantitative estimate of drug-likeness (QED) is 0.570. The highest BCUT2D eigenvalue weighted by atomic mass is 16.4. The van der Waals surface area contributed by atoms with Crippen LogP contribution in [0.5, 0.6) is 0 Å². The lowest BCUT2D eigenvalue weighted by Crippen LogP contribution is -2.45. The average Bonchev–Trinajstić information content (AvgIpc) is 2.36. The predicted molar refractivity (Wildman–Crippen MR) is 87.1 cm³/mol. The Hall–Kier alpha value is -1.05. The van der Waals surface area contributed by atoms with Crippen molar-refractivity contribution in [1.82, 2.24) is 0 Å². The number of rotatable bonds is 4. The van der Waals surface area contributed by atoms with E-state index in [2.05, 4.69) is 20.4 Å². The monoisotopic (exact) mass is 290 g/mol. The molecule has 118 valence electrons. The molecule has 0 aromatic heterocycles. The average molecular weight is 290 g/mol. The van der Waals surface area contributed by atoms with Gasteiger partial charge in [0.1, 0.15) is 0 Å². The molecule has 0 aliphatic heterocycles. The molecule has 0 aromatic rings. The molecule has 0 heterocycles. The van der Waals surface area contributed by atoms with E-state index in [1.807, 2.05) is 6.92 Å². The molecule has 2 nitrogen and oxygen atoms in total. The molecule has 0 spiro atoms. The van der Waals surface area contributed by atoms with E-state index < -0.39 is 5.97 Å². The summed E-state index contributed by atoms with van der Waals surface area (Å²) in [6.07, 6.45) is 9.79. The number of hydrogen-bond acceptors (Lipinski definition) is 1. The zero-order valence-corrected chi connectivity index (χ0v) is 13.8. The Labute approximate surface area is 129 Å². The lowest BCUT2D eigenvalue weighted by atomic mass is 9.51. The lowest BCUT2D eigenvalue weighted by Gasteiger charge is -2.54. The van der Waals surface area contributed by atoms with Crippen LogP contribution in [-0.4, -0.2) is 11.1 Å². The van der Waals surface area contributed by atoms with E-state index in [1.54, 1.807) is 0 Å². The van der Waals surface area contributed by atoms with E-state index in [-0.39, 0.29) is 0 Å². The normalized spacial score (nSPS) is 37.2. The van der Waals surface area contributed by atoms with Crippen LogP contribution in [0.2, 0.25) is 0 Å². The summed E-state index contributed by atoms with van der Waals surface area (Å²) in [7, 11) is 0. The van der Waals surface area contributed by atoms with E-state index in [0.29, 0.717) is 11.3 Å². The summed E-state index contributed by atoms with van der Waals surface area (Å²) in [5, 5.41) is 8.85. The van der Waals surface area contributed by atoms with Gasteiger partial charge in [0, 0.05) is 6.08 Å². The van der Waals surface area contributed by atoms with Gasteiger partial charge in [-0.1, -0.05) is 44.4 Å². The Morgan fingerprint density at radius 1 is 1.48 bits per heavy atom. The van der Waals surface area contributed by atoms with Crippen molar-refractivity contribution < 1.29 is 9.90 Å². The van der Waals surface area contributed by atoms with E-state index in [9.17, 15) is 4.79 Å². The van der Waals surface area contributed by atoms with E-state index in [4.69, 9.17) is 5.11 Å². The first-order valence-corrected chi connectivity index (χ1v) is 8.42. The molecular weight excluding hydrogens is 260 g/mol. The van der Waals surface area contributed by atoms with Crippen LogP contribution in [0.4, 0.5) is 0 Å². The summed E-state index contributed by atoms with van der Waals surface area (Å²) in [4.78, 5) is 10.8. The third kappa shape index (κ3) is 3.41. The zero-order chi connectivity index (χ0) is 15.6. The van der Waals surface area contributed by atoms with Crippen molar-refractivity contribution in [2.75, 3.05) is 0 Å². The maximum absolute atomic E-state index is 10.8. The van der Waals surface area contributed by atoms with Gasteiger partial charge in [-0.3, -0.25) is 0 Å². The Kier molecular flexibility index (Phi) is 4.95. The number of hydrogen-bond donors (Lipinski definition) is 1. The molecule has 0 aromatic carbocycles. The second-order valence-electron chi connectivity index (χ2n) is 7.60.